The molecule has 0 amide bonds. The molecule has 0 radical (unpaired) electrons. The molecule has 0 saturated carbocycles. The van der Waals surface area contributed by atoms with Crippen LogP contribution in [0.3, 0.4) is 0 Å². The van der Waals surface area contributed by atoms with Gasteiger partial charge in [-0.2, -0.15) is 13.8 Å². The molecule has 2 heterocycles. The average Bonchev–Trinajstić information content (AvgIpc) is 2.88. The maximum atomic E-state index is 13.3. The quantitative estimate of drug-likeness (QED) is 0.788. The van der Waals surface area contributed by atoms with Crippen LogP contribution in [0.4, 0.5) is 8.78 Å². The van der Waals surface area contributed by atoms with Crippen molar-refractivity contribution < 1.29 is 21.7 Å². The first-order valence-corrected chi connectivity index (χ1v) is 7.37. The van der Waals surface area contributed by atoms with Crippen LogP contribution in [-0.2, 0) is 15.8 Å². The van der Waals surface area contributed by atoms with Crippen molar-refractivity contribution in [3.8, 4) is 11.4 Å². The average molecular weight is 304 g/mol. The van der Waals surface area contributed by atoms with E-state index in [1.807, 2.05) is 0 Å². The fourth-order valence-corrected chi connectivity index (χ4v) is 1.75. The van der Waals surface area contributed by atoms with E-state index in [0.717, 1.165) is 18.6 Å². The maximum absolute atomic E-state index is 13.3. The van der Waals surface area contributed by atoms with Gasteiger partial charge in [0.05, 0.1) is 5.56 Å². The molecule has 0 fully saturated rings. The summed E-state index contributed by atoms with van der Waals surface area (Å²) in [6, 6.07) is 0. The number of aromatic nitrogens is 4. The van der Waals surface area contributed by atoms with E-state index in [1.54, 1.807) is 0 Å². The monoisotopic (exact) mass is 304 g/mol. The Balaban J connectivity index is 2.34. The van der Waals surface area contributed by atoms with Gasteiger partial charge in [-0.15, -0.1) is 0 Å². The first-order valence-electron chi connectivity index (χ1n) is 5.48. The number of hydrogen-bond acceptors (Lipinski definition) is 7. The summed E-state index contributed by atoms with van der Waals surface area (Å²) in [7, 11) is -3.53. The second kappa shape index (κ2) is 4.85. The molecular weight excluding hydrogens is 294 g/mol. The highest BCUT2D eigenvalue weighted by Gasteiger charge is 2.36. The molecule has 0 aliphatic carbocycles. The fraction of sp³-hybridized carbons (Fsp3) is 0.400. The first kappa shape index (κ1) is 14.4. The van der Waals surface area contributed by atoms with Crippen LogP contribution in [0.5, 0.6) is 0 Å². The molecule has 0 bridgehead atoms. The predicted octanol–water partition coefficient (Wildman–Crippen LogP) is 1.43. The van der Waals surface area contributed by atoms with Gasteiger partial charge < -0.3 is 4.52 Å². The Labute approximate surface area is 113 Å². The summed E-state index contributed by atoms with van der Waals surface area (Å²) in [5.74, 6) is -4.14. The molecule has 0 aromatic carbocycles. The summed E-state index contributed by atoms with van der Waals surface area (Å²) in [6.07, 6.45) is 2.73. The van der Waals surface area contributed by atoms with Crippen molar-refractivity contribution in [3.63, 3.8) is 0 Å². The molecule has 2 aromatic heterocycles. The van der Waals surface area contributed by atoms with Crippen LogP contribution in [0.25, 0.3) is 11.4 Å². The molecule has 0 spiro atoms. The SMILES string of the molecule is CCC(F)(F)c1nc(-c2cnc(S(C)(=O)=O)nc2)no1. The second-order valence-corrected chi connectivity index (χ2v) is 5.92. The number of alkyl halides is 2. The van der Waals surface area contributed by atoms with Gasteiger partial charge in [0.25, 0.3) is 5.89 Å². The van der Waals surface area contributed by atoms with Crippen LogP contribution in [-0.4, -0.2) is 34.8 Å². The van der Waals surface area contributed by atoms with Gasteiger partial charge in [-0.3, -0.25) is 0 Å². The molecule has 0 unspecified atom stereocenters. The Morgan fingerprint density at radius 1 is 1.30 bits per heavy atom. The Bertz CT molecular complexity index is 712. The molecule has 10 heteroatoms. The number of hydrogen-bond donors (Lipinski definition) is 0. The predicted molar refractivity (Wildman–Crippen MR) is 62.6 cm³/mol. The van der Waals surface area contributed by atoms with Crippen molar-refractivity contribution in [1.29, 1.82) is 0 Å². The molecule has 108 valence electrons. The number of halogens is 2. The second-order valence-electron chi connectivity index (χ2n) is 4.01. The lowest BCUT2D eigenvalue weighted by Gasteiger charge is -2.06. The molecular formula is C10H10F2N4O3S. The fourth-order valence-electron chi connectivity index (χ4n) is 1.26. The minimum absolute atomic E-state index is 0.131. The summed E-state index contributed by atoms with van der Waals surface area (Å²) in [5, 5.41) is 3.03. The smallest absolute Gasteiger partial charge is 0.324 e. The lowest BCUT2D eigenvalue weighted by Crippen LogP contribution is -2.11. The van der Waals surface area contributed by atoms with Gasteiger partial charge in [0, 0.05) is 25.1 Å². The van der Waals surface area contributed by atoms with E-state index in [-0.39, 0.29) is 16.5 Å². The summed E-state index contributed by atoms with van der Waals surface area (Å²) in [5.41, 5.74) is 0.180. The van der Waals surface area contributed by atoms with Crippen molar-refractivity contribution in [3.05, 3.63) is 18.3 Å². The van der Waals surface area contributed by atoms with E-state index in [1.165, 1.54) is 6.92 Å². The van der Waals surface area contributed by atoms with Crippen LogP contribution in [0.2, 0.25) is 0 Å². The Kier molecular flexibility index (Phi) is 3.50. The zero-order valence-corrected chi connectivity index (χ0v) is 11.4. The minimum Gasteiger partial charge on any atom is -0.332 e. The van der Waals surface area contributed by atoms with Crippen molar-refractivity contribution in [2.45, 2.75) is 24.4 Å². The van der Waals surface area contributed by atoms with Crippen molar-refractivity contribution in [1.82, 2.24) is 20.1 Å². The van der Waals surface area contributed by atoms with E-state index in [0.29, 0.717) is 0 Å². The molecule has 0 atom stereocenters. The molecule has 0 aliphatic heterocycles. The largest absolute Gasteiger partial charge is 0.332 e. The normalized spacial score (nSPS) is 12.6. The first-order chi connectivity index (χ1) is 9.24. The van der Waals surface area contributed by atoms with E-state index in [9.17, 15) is 17.2 Å². The Hall–Kier alpha value is -1.97. The van der Waals surface area contributed by atoms with Gasteiger partial charge in [-0.05, 0) is 0 Å². The number of nitrogens with zero attached hydrogens (tertiary/aromatic N) is 4. The lowest BCUT2D eigenvalue weighted by atomic mass is 10.2. The van der Waals surface area contributed by atoms with E-state index in [2.05, 4.69) is 24.6 Å². The minimum atomic E-state index is -3.53. The summed E-state index contributed by atoms with van der Waals surface area (Å²) >= 11 is 0. The van der Waals surface area contributed by atoms with Gasteiger partial charge in [0.1, 0.15) is 0 Å². The summed E-state index contributed by atoms with van der Waals surface area (Å²) in [4.78, 5) is 10.8. The van der Waals surface area contributed by atoms with Crippen LogP contribution in [0.15, 0.2) is 22.1 Å². The standard InChI is InChI=1S/C10H10F2N4O3S/c1-3-10(11,12)8-15-7(16-19-8)6-4-13-9(14-5-6)20(2,17)18/h4-5H,3H2,1-2H3. The summed E-state index contributed by atoms with van der Waals surface area (Å²) < 4.78 is 53.5. The van der Waals surface area contributed by atoms with Crippen LogP contribution in [0, 0.1) is 0 Å². The van der Waals surface area contributed by atoms with Crippen molar-refractivity contribution >= 4 is 9.84 Å². The zero-order chi connectivity index (χ0) is 15.0. The van der Waals surface area contributed by atoms with Crippen LogP contribution < -0.4 is 0 Å². The van der Waals surface area contributed by atoms with Gasteiger partial charge >= 0.3 is 5.92 Å². The highest BCUT2D eigenvalue weighted by atomic mass is 32.2. The third-order valence-electron chi connectivity index (χ3n) is 2.40. The number of rotatable bonds is 4. The van der Waals surface area contributed by atoms with Crippen molar-refractivity contribution in [2.24, 2.45) is 0 Å². The van der Waals surface area contributed by atoms with Gasteiger partial charge in [0.2, 0.25) is 20.8 Å². The maximum Gasteiger partial charge on any atom is 0.324 e. The molecule has 7 nitrogen and oxygen atoms in total. The molecule has 0 aliphatic rings. The zero-order valence-electron chi connectivity index (χ0n) is 10.5. The Morgan fingerprint density at radius 3 is 2.40 bits per heavy atom. The van der Waals surface area contributed by atoms with Crippen LogP contribution in [0.1, 0.15) is 19.2 Å². The third-order valence-corrected chi connectivity index (χ3v) is 3.28. The molecule has 2 aromatic rings. The molecule has 0 saturated heterocycles. The van der Waals surface area contributed by atoms with Crippen LogP contribution >= 0.6 is 0 Å². The molecule has 20 heavy (non-hydrogen) atoms. The molecule has 0 N–H and O–H groups in total. The highest BCUT2D eigenvalue weighted by molar-refractivity contribution is 7.90. The third kappa shape index (κ3) is 2.79. The lowest BCUT2D eigenvalue weighted by molar-refractivity contribution is -0.0391. The molecule has 2 rings (SSSR count). The Morgan fingerprint density at radius 2 is 1.90 bits per heavy atom. The topological polar surface area (TPSA) is 98.8 Å². The highest BCUT2D eigenvalue weighted by Crippen LogP contribution is 2.30. The van der Waals surface area contributed by atoms with Gasteiger partial charge in [-0.1, -0.05) is 12.1 Å². The van der Waals surface area contributed by atoms with Crippen molar-refractivity contribution in [2.75, 3.05) is 6.26 Å². The summed E-state index contributed by atoms with van der Waals surface area (Å²) in [6.45, 7) is 1.29. The van der Waals surface area contributed by atoms with Gasteiger partial charge in [-0.25, -0.2) is 18.4 Å². The number of sulfone groups is 1. The van der Waals surface area contributed by atoms with E-state index < -0.39 is 28.1 Å². The van der Waals surface area contributed by atoms with E-state index >= 15 is 0 Å². The van der Waals surface area contributed by atoms with E-state index in [4.69, 9.17) is 0 Å². The van der Waals surface area contributed by atoms with Gasteiger partial charge in [0.15, 0.2) is 0 Å².